The summed E-state index contributed by atoms with van der Waals surface area (Å²) in [4.78, 5) is 53.6. The summed E-state index contributed by atoms with van der Waals surface area (Å²) in [6.45, 7) is 3.93. The first-order valence-corrected chi connectivity index (χ1v) is 9.23. The Kier molecular flexibility index (Phi) is 8.23. The number of hydrogen-bond donors (Lipinski definition) is 1. The average Bonchev–Trinajstić information content (AvgIpc) is 2.66. The van der Waals surface area contributed by atoms with Crippen LogP contribution in [0, 0.1) is 5.82 Å². The second-order valence-electron chi connectivity index (χ2n) is 6.57. The zero-order valence-corrected chi connectivity index (χ0v) is 17.6. The molecule has 1 aromatic rings. The zero-order chi connectivity index (χ0) is 24.0. The smallest absolute Gasteiger partial charge is 0.320 e. The van der Waals surface area contributed by atoms with Gasteiger partial charge in [0.2, 0.25) is 12.4 Å². The predicted molar refractivity (Wildman–Crippen MR) is 99.0 cm³/mol. The van der Waals surface area contributed by atoms with Crippen molar-refractivity contribution in [1.29, 1.82) is 0 Å². The average molecular weight is 459 g/mol. The number of halogens is 1. The van der Waals surface area contributed by atoms with Crippen molar-refractivity contribution in [2.45, 2.75) is 58.4 Å². The fourth-order valence-corrected chi connectivity index (χ4v) is 2.81. The number of nitrogen functional groups attached to an aromatic ring is 1. The van der Waals surface area contributed by atoms with Crippen LogP contribution in [-0.4, -0.2) is 71.2 Å². The summed E-state index contributed by atoms with van der Waals surface area (Å²) in [5, 5.41) is 0. The maximum absolute atomic E-state index is 13.4. The van der Waals surface area contributed by atoms with Crippen molar-refractivity contribution >= 4 is 29.7 Å². The molecular weight excluding hydrogens is 437 g/mol. The minimum atomic E-state index is -1.56. The second kappa shape index (κ2) is 10.7. The van der Waals surface area contributed by atoms with Crippen molar-refractivity contribution in [3.8, 4) is 6.01 Å². The lowest BCUT2D eigenvalue weighted by Crippen LogP contribution is -2.63. The molecule has 0 bridgehead atoms. The SMILES string of the molecule is CC(=O)OC[C@H]1O[C@@H](Oc2ncc(F)c(N)n2)[C@H](OC(C)=O)[C@@H](OC(C)=O)[C@@H]1OC(C)=O. The first kappa shape index (κ1) is 24.7. The van der Waals surface area contributed by atoms with E-state index in [1.54, 1.807) is 0 Å². The molecule has 176 valence electrons. The Morgan fingerprint density at radius 1 is 0.969 bits per heavy atom. The molecule has 0 radical (unpaired) electrons. The molecule has 0 aliphatic carbocycles. The van der Waals surface area contributed by atoms with E-state index in [9.17, 15) is 23.6 Å². The molecule has 1 saturated heterocycles. The monoisotopic (exact) mass is 459 g/mol. The second-order valence-corrected chi connectivity index (χ2v) is 6.57. The number of anilines is 1. The van der Waals surface area contributed by atoms with Gasteiger partial charge in [0.15, 0.2) is 23.8 Å². The third-order valence-corrected chi connectivity index (χ3v) is 3.92. The Balaban J connectivity index is 2.46. The molecule has 1 aromatic heterocycles. The van der Waals surface area contributed by atoms with Gasteiger partial charge in [0.05, 0.1) is 6.20 Å². The third kappa shape index (κ3) is 6.73. The van der Waals surface area contributed by atoms with E-state index in [4.69, 9.17) is 34.2 Å². The molecule has 2 heterocycles. The molecule has 13 nitrogen and oxygen atoms in total. The summed E-state index contributed by atoms with van der Waals surface area (Å²) in [6.07, 6.45) is -6.30. The van der Waals surface area contributed by atoms with E-state index in [-0.39, 0.29) is 0 Å². The molecule has 1 fully saturated rings. The van der Waals surface area contributed by atoms with Crippen molar-refractivity contribution < 1.29 is 52.0 Å². The molecule has 2 N–H and O–H groups in total. The number of esters is 4. The van der Waals surface area contributed by atoms with Gasteiger partial charge in [-0.3, -0.25) is 19.2 Å². The number of carbonyl (C=O) groups is 4. The van der Waals surface area contributed by atoms with Gasteiger partial charge in [-0.15, -0.1) is 0 Å². The minimum Gasteiger partial charge on any atom is -0.463 e. The molecule has 0 amide bonds. The van der Waals surface area contributed by atoms with Crippen molar-refractivity contribution in [3.05, 3.63) is 12.0 Å². The molecule has 5 atom stereocenters. The first-order chi connectivity index (χ1) is 15.0. The molecule has 0 spiro atoms. The largest absolute Gasteiger partial charge is 0.463 e. The molecular formula is C18H22FN3O10. The quantitative estimate of drug-likeness (QED) is 0.414. The van der Waals surface area contributed by atoms with Crippen molar-refractivity contribution in [3.63, 3.8) is 0 Å². The number of ether oxygens (including phenoxy) is 6. The van der Waals surface area contributed by atoms with Crippen molar-refractivity contribution in [2.75, 3.05) is 12.3 Å². The number of nitrogens with two attached hydrogens (primary N) is 1. The lowest BCUT2D eigenvalue weighted by Gasteiger charge is -2.43. The van der Waals surface area contributed by atoms with E-state index in [1.807, 2.05) is 0 Å². The van der Waals surface area contributed by atoms with Gasteiger partial charge in [-0.1, -0.05) is 0 Å². The lowest BCUT2D eigenvalue weighted by atomic mass is 9.98. The van der Waals surface area contributed by atoms with Crippen LogP contribution in [0.15, 0.2) is 6.20 Å². The summed E-state index contributed by atoms with van der Waals surface area (Å²) < 4.78 is 45.1. The predicted octanol–water partition coefficient (Wildman–Crippen LogP) is -0.340. The highest BCUT2D eigenvalue weighted by Crippen LogP contribution is 2.30. The van der Waals surface area contributed by atoms with Gasteiger partial charge in [0.25, 0.3) is 0 Å². The van der Waals surface area contributed by atoms with E-state index >= 15 is 0 Å². The summed E-state index contributed by atoms with van der Waals surface area (Å²) in [6, 6.07) is -0.454. The van der Waals surface area contributed by atoms with E-state index in [0.29, 0.717) is 0 Å². The van der Waals surface area contributed by atoms with Crippen LogP contribution >= 0.6 is 0 Å². The Morgan fingerprint density at radius 3 is 2.06 bits per heavy atom. The maximum Gasteiger partial charge on any atom is 0.320 e. The van der Waals surface area contributed by atoms with E-state index in [1.165, 1.54) is 0 Å². The van der Waals surface area contributed by atoms with Gasteiger partial charge in [-0.25, -0.2) is 9.37 Å². The Labute approximate surface area is 181 Å². The van der Waals surface area contributed by atoms with Crippen LogP contribution in [0.25, 0.3) is 0 Å². The summed E-state index contributed by atoms with van der Waals surface area (Å²) in [7, 11) is 0. The van der Waals surface area contributed by atoms with Crippen LogP contribution in [0.2, 0.25) is 0 Å². The Morgan fingerprint density at radius 2 is 1.53 bits per heavy atom. The number of rotatable bonds is 7. The normalized spacial score (nSPS) is 24.7. The summed E-state index contributed by atoms with van der Waals surface area (Å²) >= 11 is 0. The van der Waals surface area contributed by atoms with E-state index in [2.05, 4.69) is 9.97 Å². The molecule has 1 aliphatic heterocycles. The van der Waals surface area contributed by atoms with Crippen LogP contribution in [0.5, 0.6) is 6.01 Å². The topological polar surface area (TPSA) is 175 Å². The summed E-state index contributed by atoms with van der Waals surface area (Å²) in [5.41, 5.74) is 5.40. The van der Waals surface area contributed by atoms with Crippen molar-refractivity contribution in [2.24, 2.45) is 0 Å². The summed E-state index contributed by atoms with van der Waals surface area (Å²) in [5.74, 6) is -4.51. The van der Waals surface area contributed by atoms with Crippen LogP contribution < -0.4 is 10.5 Å². The molecule has 32 heavy (non-hydrogen) atoms. The number of aromatic nitrogens is 2. The molecule has 0 aromatic carbocycles. The highest BCUT2D eigenvalue weighted by Gasteiger charge is 2.53. The lowest BCUT2D eigenvalue weighted by molar-refractivity contribution is -0.289. The van der Waals surface area contributed by atoms with E-state index < -0.39 is 78.8 Å². The van der Waals surface area contributed by atoms with Gasteiger partial charge in [0.1, 0.15) is 12.7 Å². The molecule has 14 heteroatoms. The van der Waals surface area contributed by atoms with Crippen LogP contribution in [0.3, 0.4) is 0 Å². The van der Waals surface area contributed by atoms with Gasteiger partial charge in [-0.2, -0.15) is 4.98 Å². The molecule has 1 aliphatic rings. The molecule has 0 unspecified atom stereocenters. The highest BCUT2D eigenvalue weighted by molar-refractivity contribution is 5.68. The maximum atomic E-state index is 13.4. The zero-order valence-electron chi connectivity index (χ0n) is 17.6. The van der Waals surface area contributed by atoms with Crippen molar-refractivity contribution in [1.82, 2.24) is 9.97 Å². The first-order valence-electron chi connectivity index (χ1n) is 9.23. The Hall–Kier alpha value is -3.55. The van der Waals surface area contributed by atoms with Crippen LogP contribution in [-0.2, 0) is 42.9 Å². The van der Waals surface area contributed by atoms with Gasteiger partial charge >= 0.3 is 29.9 Å². The fraction of sp³-hybridized carbons (Fsp3) is 0.556. The van der Waals surface area contributed by atoms with E-state index in [0.717, 1.165) is 33.9 Å². The van der Waals surface area contributed by atoms with Gasteiger partial charge < -0.3 is 34.2 Å². The third-order valence-electron chi connectivity index (χ3n) is 3.92. The molecule has 0 saturated carbocycles. The number of nitrogens with zero attached hydrogens (tertiary/aromatic N) is 2. The fourth-order valence-electron chi connectivity index (χ4n) is 2.81. The standard InChI is InChI=1S/C18H22FN3O10/c1-7(23)27-6-12-13(28-8(2)24)14(29-9(3)25)15(30-10(4)26)17(31-12)32-18-21-5-11(19)16(20)22-18/h5,12-15,17H,6H2,1-4H3,(H2,20,21,22)/t12-,13-,14+,15-,17+/m1/s1. The molecule has 2 rings (SSSR count). The number of carbonyl (C=O) groups excluding carboxylic acids is 4. The van der Waals surface area contributed by atoms with Crippen LogP contribution in [0.1, 0.15) is 27.7 Å². The minimum absolute atomic E-state index is 0.440. The van der Waals surface area contributed by atoms with Crippen LogP contribution in [0.4, 0.5) is 10.2 Å². The van der Waals surface area contributed by atoms with Gasteiger partial charge in [0, 0.05) is 27.7 Å². The van der Waals surface area contributed by atoms with Gasteiger partial charge in [-0.05, 0) is 0 Å². The Bertz CT molecular complexity index is 883. The number of hydrogen-bond acceptors (Lipinski definition) is 13. The highest BCUT2D eigenvalue weighted by atomic mass is 19.1.